The molecule has 2 heteroatoms. The predicted molar refractivity (Wildman–Crippen MR) is 51.6 cm³/mol. The Kier molecular flexibility index (Phi) is 4.01. The van der Waals surface area contributed by atoms with E-state index in [0.717, 1.165) is 6.42 Å². The maximum atomic E-state index is 10.8. The lowest BCUT2D eigenvalue weighted by atomic mass is 9.83. The number of amides is 1. The molecule has 0 aromatic rings. The largest absolute Gasteiger partial charge is 0.369 e. The van der Waals surface area contributed by atoms with Gasteiger partial charge in [0.05, 0.1) is 0 Å². The second kappa shape index (κ2) is 4.29. The zero-order chi connectivity index (χ0) is 9.78. The molecular formula is C10H19NO. The number of primary amides is 1. The summed E-state index contributed by atoms with van der Waals surface area (Å²) in [6.07, 6.45) is 4.92. The minimum Gasteiger partial charge on any atom is -0.369 e. The Morgan fingerprint density at radius 3 is 2.42 bits per heavy atom. The van der Waals surface area contributed by atoms with Gasteiger partial charge < -0.3 is 5.73 Å². The third kappa shape index (κ3) is 4.16. The Bertz CT molecular complexity index is 182. The smallest absolute Gasteiger partial charge is 0.220 e. The second-order valence-electron chi connectivity index (χ2n) is 4.00. The summed E-state index contributed by atoms with van der Waals surface area (Å²) >= 11 is 0. The summed E-state index contributed by atoms with van der Waals surface area (Å²) in [4.78, 5) is 10.8. The molecule has 0 saturated carbocycles. The summed E-state index contributed by atoms with van der Waals surface area (Å²) < 4.78 is 0. The van der Waals surface area contributed by atoms with Gasteiger partial charge in [-0.2, -0.15) is 0 Å². The summed E-state index contributed by atoms with van der Waals surface area (Å²) in [5.41, 5.74) is 5.25. The van der Waals surface area contributed by atoms with E-state index in [2.05, 4.69) is 19.9 Å². The molecule has 0 aliphatic rings. The van der Waals surface area contributed by atoms with Gasteiger partial charge in [0, 0.05) is 5.92 Å². The average molecular weight is 169 g/mol. The summed E-state index contributed by atoms with van der Waals surface area (Å²) in [5.74, 6) is -0.260. The molecule has 12 heavy (non-hydrogen) atoms. The fourth-order valence-electron chi connectivity index (χ4n) is 1.41. The summed E-state index contributed by atoms with van der Waals surface area (Å²) in [6, 6.07) is 0. The maximum absolute atomic E-state index is 10.8. The van der Waals surface area contributed by atoms with Crippen molar-refractivity contribution in [3.05, 3.63) is 12.2 Å². The van der Waals surface area contributed by atoms with Crippen molar-refractivity contribution < 1.29 is 4.79 Å². The number of nitrogens with two attached hydrogens (primary N) is 1. The summed E-state index contributed by atoms with van der Waals surface area (Å²) in [7, 11) is 0. The first-order valence-electron chi connectivity index (χ1n) is 4.32. The summed E-state index contributed by atoms with van der Waals surface area (Å²) in [6.45, 7) is 8.06. The van der Waals surface area contributed by atoms with Crippen LogP contribution in [-0.2, 0) is 4.79 Å². The number of hydrogen-bond acceptors (Lipinski definition) is 1. The van der Waals surface area contributed by atoms with Crippen molar-refractivity contribution in [2.45, 2.75) is 34.1 Å². The van der Waals surface area contributed by atoms with Gasteiger partial charge in [0.15, 0.2) is 0 Å². The molecule has 0 aromatic carbocycles. The van der Waals surface area contributed by atoms with Crippen LogP contribution in [0.1, 0.15) is 34.1 Å². The van der Waals surface area contributed by atoms with E-state index in [4.69, 9.17) is 5.73 Å². The molecule has 0 aliphatic heterocycles. The van der Waals surface area contributed by atoms with Gasteiger partial charge in [0.1, 0.15) is 0 Å². The quantitative estimate of drug-likeness (QED) is 0.643. The van der Waals surface area contributed by atoms with Crippen molar-refractivity contribution in [1.82, 2.24) is 0 Å². The summed E-state index contributed by atoms with van der Waals surface area (Å²) in [5, 5.41) is 0. The zero-order valence-corrected chi connectivity index (χ0v) is 8.42. The molecule has 0 spiro atoms. The van der Waals surface area contributed by atoms with Crippen molar-refractivity contribution in [3.63, 3.8) is 0 Å². The van der Waals surface area contributed by atoms with Crippen molar-refractivity contribution in [1.29, 1.82) is 0 Å². The zero-order valence-electron chi connectivity index (χ0n) is 8.42. The van der Waals surface area contributed by atoms with Gasteiger partial charge >= 0.3 is 0 Å². The van der Waals surface area contributed by atoms with Gasteiger partial charge in [-0.1, -0.05) is 32.9 Å². The Morgan fingerprint density at radius 2 is 2.08 bits per heavy atom. The van der Waals surface area contributed by atoms with Crippen LogP contribution in [0.25, 0.3) is 0 Å². The Hall–Kier alpha value is -0.790. The molecule has 0 heterocycles. The molecule has 0 bridgehead atoms. The topological polar surface area (TPSA) is 43.1 Å². The molecule has 0 rings (SSSR count). The number of rotatable bonds is 4. The van der Waals surface area contributed by atoms with Crippen LogP contribution in [0.5, 0.6) is 0 Å². The van der Waals surface area contributed by atoms with E-state index in [1.807, 2.05) is 19.9 Å². The molecular weight excluding hydrogens is 150 g/mol. The normalized spacial score (nSPS) is 15.0. The van der Waals surface area contributed by atoms with Gasteiger partial charge in [-0.3, -0.25) is 4.79 Å². The van der Waals surface area contributed by atoms with Crippen LogP contribution in [0, 0.1) is 11.3 Å². The average Bonchev–Trinajstić information content (AvgIpc) is 1.85. The molecule has 0 fully saturated rings. The monoisotopic (exact) mass is 169 g/mol. The lowest BCUT2D eigenvalue weighted by molar-refractivity contribution is -0.122. The Morgan fingerprint density at radius 1 is 1.58 bits per heavy atom. The van der Waals surface area contributed by atoms with Crippen LogP contribution in [0.15, 0.2) is 12.2 Å². The number of carbonyl (C=O) groups excluding carboxylic acids is 1. The minimum absolute atomic E-state index is 0.0452. The van der Waals surface area contributed by atoms with Crippen LogP contribution in [0.3, 0.4) is 0 Å². The third-order valence-electron chi connectivity index (χ3n) is 1.94. The highest BCUT2D eigenvalue weighted by Gasteiger charge is 2.20. The van der Waals surface area contributed by atoms with Crippen molar-refractivity contribution in [2.75, 3.05) is 0 Å². The molecule has 0 radical (unpaired) electrons. The first kappa shape index (κ1) is 11.2. The first-order valence-corrected chi connectivity index (χ1v) is 4.32. The van der Waals surface area contributed by atoms with Crippen molar-refractivity contribution in [3.8, 4) is 0 Å². The molecule has 1 atom stereocenters. The number of carbonyl (C=O) groups is 1. The van der Waals surface area contributed by atoms with E-state index in [-0.39, 0.29) is 17.2 Å². The van der Waals surface area contributed by atoms with Crippen LogP contribution >= 0.6 is 0 Å². The standard InChI is InChI=1S/C10H19NO/c1-5-6-10(3,4)7-8(2)9(11)12/h5-6,8H,7H2,1-4H3,(H2,11,12)/b6-5-. The van der Waals surface area contributed by atoms with Crippen LogP contribution in [0.4, 0.5) is 0 Å². The lowest BCUT2D eigenvalue weighted by Crippen LogP contribution is -2.25. The van der Waals surface area contributed by atoms with Crippen molar-refractivity contribution in [2.24, 2.45) is 17.1 Å². The van der Waals surface area contributed by atoms with E-state index in [1.54, 1.807) is 0 Å². The first-order chi connectivity index (χ1) is 5.39. The predicted octanol–water partition coefficient (Wildman–Crippen LogP) is 2.10. The molecule has 70 valence electrons. The molecule has 2 N–H and O–H groups in total. The van der Waals surface area contributed by atoms with E-state index >= 15 is 0 Å². The van der Waals surface area contributed by atoms with E-state index in [1.165, 1.54) is 0 Å². The Balaban J connectivity index is 4.14. The van der Waals surface area contributed by atoms with Crippen LogP contribution in [-0.4, -0.2) is 5.91 Å². The van der Waals surface area contributed by atoms with Crippen molar-refractivity contribution >= 4 is 5.91 Å². The van der Waals surface area contributed by atoms with E-state index < -0.39 is 0 Å². The molecule has 1 unspecified atom stereocenters. The number of allylic oxidation sites excluding steroid dienone is 2. The molecule has 2 nitrogen and oxygen atoms in total. The fraction of sp³-hybridized carbons (Fsp3) is 0.700. The van der Waals surface area contributed by atoms with Crippen LogP contribution in [0.2, 0.25) is 0 Å². The maximum Gasteiger partial charge on any atom is 0.220 e. The second-order valence-corrected chi connectivity index (χ2v) is 4.00. The highest BCUT2D eigenvalue weighted by Crippen LogP contribution is 2.26. The van der Waals surface area contributed by atoms with Gasteiger partial charge in [-0.25, -0.2) is 0 Å². The SMILES string of the molecule is C/C=C\C(C)(C)CC(C)C(N)=O. The highest BCUT2D eigenvalue weighted by atomic mass is 16.1. The van der Waals surface area contributed by atoms with Crippen LogP contribution < -0.4 is 5.73 Å². The lowest BCUT2D eigenvalue weighted by Gasteiger charge is -2.22. The molecule has 1 amide bonds. The highest BCUT2D eigenvalue weighted by molar-refractivity contribution is 5.76. The van der Waals surface area contributed by atoms with Gasteiger partial charge in [-0.05, 0) is 18.8 Å². The number of hydrogen-bond donors (Lipinski definition) is 1. The Labute approximate surface area is 74.8 Å². The fourth-order valence-corrected chi connectivity index (χ4v) is 1.41. The van der Waals surface area contributed by atoms with E-state index in [0.29, 0.717) is 0 Å². The molecule has 0 aromatic heterocycles. The van der Waals surface area contributed by atoms with Gasteiger partial charge in [0.25, 0.3) is 0 Å². The van der Waals surface area contributed by atoms with Gasteiger partial charge in [0.2, 0.25) is 5.91 Å². The van der Waals surface area contributed by atoms with E-state index in [9.17, 15) is 4.79 Å². The van der Waals surface area contributed by atoms with Gasteiger partial charge in [-0.15, -0.1) is 0 Å². The third-order valence-corrected chi connectivity index (χ3v) is 1.94. The minimum atomic E-state index is -0.215. The molecule has 0 saturated heterocycles. The molecule has 0 aliphatic carbocycles.